The number of nitrogens with zero attached hydrogens (tertiary/aromatic N) is 7. The van der Waals surface area contributed by atoms with Gasteiger partial charge in [-0.1, -0.05) is 15.9 Å². The summed E-state index contributed by atoms with van der Waals surface area (Å²) in [7, 11) is 1.89. The highest BCUT2D eigenvalue weighted by Gasteiger charge is 2.24. The van der Waals surface area contributed by atoms with Crippen LogP contribution in [0.3, 0.4) is 0 Å². The van der Waals surface area contributed by atoms with Gasteiger partial charge in [-0.15, -0.1) is 5.10 Å². The summed E-state index contributed by atoms with van der Waals surface area (Å²) < 4.78 is 6.81. The lowest BCUT2D eigenvalue weighted by molar-refractivity contribution is 0.674. The van der Waals surface area contributed by atoms with Crippen molar-refractivity contribution in [2.75, 3.05) is 0 Å². The third-order valence-corrected chi connectivity index (χ3v) is 4.94. The molecule has 5 rings (SSSR count). The van der Waals surface area contributed by atoms with Gasteiger partial charge < -0.3 is 4.57 Å². The minimum Gasteiger partial charge on any atom is -0.300 e. The quantitative estimate of drug-likeness (QED) is 0.437. The zero-order valence-electron chi connectivity index (χ0n) is 13.7. The molecule has 1 aliphatic rings. The standard InChI is InChI=1S/C17H14BrN7/c1-10-15-8-25-17(20-16(22-25)13-5-6-23(2)21-13)12-7-11(18)3-4-14(12)24(15)9-19-10/h3-7,9H,8H2,1-2H3. The molecular weight excluding hydrogens is 382 g/mol. The second-order valence-corrected chi connectivity index (χ2v) is 7.02. The van der Waals surface area contributed by atoms with Crippen LogP contribution in [0.15, 0.2) is 41.3 Å². The van der Waals surface area contributed by atoms with E-state index in [9.17, 15) is 0 Å². The third kappa shape index (κ3) is 2.17. The molecule has 4 aromatic rings. The Morgan fingerprint density at radius 2 is 2.04 bits per heavy atom. The maximum atomic E-state index is 4.79. The van der Waals surface area contributed by atoms with Gasteiger partial charge in [0.05, 0.1) is 29.9 Å². The fourth-order valence-corrected chi connectivity index (χ4v) is 3.56. The Balaban J connectivity index is 1.79. The van der Waals surface area contributed by atoms with E-state index in [0.29, 0.717) is 12.4 Å². The zero-order valence-corrected chi connectivity index (χ0v) is 15.3. The van der Waals surface area contributed by atoms with Gasteiger partial charge in [-0.2, -0.15) is 5.10 Å². The lowest BCUT2D eigenvalue weighted by Gasteiger charge is -2.08. The van der Waals surface area contributed by atoms with Crippen molar-refractivity contribution >= 4 is 15.9 Å². The number of aryl methyl sites for hydroxylation is 2. The number of rotatable bonds is 1. The summed E-state index contributed by atoms with van der Waals surface area (Å²) in [6, 6.07) is 8.10. The maximum Gasteiger partial charge on any atom is 0.202 e. The highest BCUT2D eigenvalue weighted by Crippen LogP contribution is 2.34. The predicted octanol–water partition coefficient (Wildman–Crippen LogP) is 2.96. The normalized spacial score (nSPS) is 12.4. The minimum atomic E-state index is 0.618. The van der Waals surface area contributed by atoms with E-state index < -0.39 is 0 Å². The lowest BCUT2D eigenvalue weighted by Crippen LogP contribution is -2.05. The van der Waals surface area contributed by atoms with Crippen molar-refractivity contribution in [3.63, 3.8) is 0 Å². The van der Waals surface area contributed by atoms with Gasteiger partial charge in [-0.05, 0) is 31.2 Å². The van der Waals surface area contributed by atoms with Crippen LogP contribution < -0.4 is 0 Å². The average Bonchev–Trinajstić information content (AvgIpc) is 3.27. The molecular formula is C17H14BrN7. The van der Waals surface area contributed by atoms with Crippen LogP contribution in [0.1, 0.15) is 11.4 Å². The van der Waals surface area contributed by atoms with Gasteiger partial charge in [0.25, 0.3) is 0 Å². The molecule has 4 heterocycles. The van der Waals surface area contributed by atoms with E-state index in [4.69, 9.17) is 10.1 Å². The van der Waals surface area contributed by atoms with Crippen LogP contribution in [-0.2, 0) is 13.6 Å². The fourth-order valence-electron chi connectivity index (χ4n) is 3.19. The van der Waals surface area contributed by atoms with Crippen molar-refractivity contribution in [3.8, 4) is 28.6 Å². The molecule has 0 amide bonds. The highest BCUT2D eigenvalue weighted by molar-refractivity contribution is 9.10. The number of halogens is 1. The van der Waals surface area contributed by atoms with Crippen molar-refractivity contribution < 1.29 is 0 Å². The van der Waals surface area contributed by atoms with Crippen LogP contribution in [0.5, 0.6) is 0 Å². The Labute approximate surface area is 152 Å². The van der Waals surface area contributed by atoms with Crippen molar-refractivity contribution in [1.82, 2.24) is 34.1 Å². The number of hydrogen-bond donors (Lipinski definition) is 0. The largest absolute Gasteiger partial charge is 0.300 e. The first-order chi connectivity index (χ1) is 12.1. The van der Waals surface area contributed by atoms with Crippen molar-refractivity contribution in [2.24, 2.45) is 7.05 Å². The topological polar surface area (TPSA) is 66.3 Å². The van der Waals surface area contributed by atoms with Gasteiger partial charge in [0, 0.05) is 23.3 Å². The summed E-state index contributed by atoms with van der Waals surface area (Å²) >= 11 is 3.57. The summed E-state index contributed by atoms with van der Waals surface area (Å²) in [5, 5.41) is 9.14. The molecule has 25 heavy (non-hydrogen) atoms. The number of aromatic nitrogens is 7. The molecule has 8 heteroatoms. The molecule has 0 N–H and O–H groups in total. The average molecular weight is 396 g/mol. The molecule has 0 radical (unpaired) electrons. The molecule has 0 saturated heterocycles. The maximum absolute atomic E-state index is 4.79. The molecule has 124 valence electrons. The van der Waals surface area contributed by atoms with Crippen LogP contribution >= 0.6 is 15.9 Å². The SMILES string of the molecule is Cc1ncn2c1Cn1nc(-c3ccn(C)n3)nc1-c1cc(Br)ccc1-2. The summed E-state index contributed by atoms with van der Waals surface area (Å²) in [5.41, 5.74) is 4.94. The van der Waals surface area contributed by atoms with Gasteiger partial charge in [0.1, 0.15) is 5.69 Å². The number of hydrogen-bond acceptors (Lipinski definition) is 4. The number of benzene rings is 1. The Bertz CT molecular complexity index is 1120. The highest BCUT2D eigenvalue weighted by atomic mass is 79.9. The number of fused-ring (bicyclic) bond motifs is 5. The smallest absolute Gasteiger partial charge is 0.202 e. The third-order valence-electron chi connectivity index (χ3n) is 4.45. The monoisotopic (exact) mass is 395 g/mol. The van der Waals surface area contributed by atoms with Crippen molar-refractivity contribution in [3.05, 3.63) is 52.7 Å². The van der Waals surface area contributed by atoms with E-state index in [1.165, 1.54) is 0 Å². The van der Waals surface area contributed by atoms with E-state index in [1.807, 2.05) is 43.3 Å². The van der Waals surface area contributed by atoms with Crippen molar-refractivity contribution in [1.29, 1.82) is 0 Å². The van der Waals surface area contributed by atoms with Gasteiger partial charge in [0.15, 0.2) is 5.82 Å². The van der Waals surface area contributed by atoms with Gasteiger partial charge in [-0.3, -0.25) is 4.68 Å². The summed E-state index contributed by atoms with van der Waals surface area (Å²) in [6.45, 7) is 2.64. The predicted molar refractivity (Wildman–Crippen MR) is 96.3 cm³/mol. The first kappa shape index (κ1) is 14.6. The zero-order chi connectivity index (χ0) is 17.1. The molecule has 0 bridgehead atoms. The van der Waals surface area contributed by atoms with Crippen LogP contribution in [0, 0.1) is 6.92 Å². The van der Waals surface area contributed by atoms with E-state index in [1.54, 1.807) is 4.68 Å². The number of imidazole rings is 1. The van der Waals surface area contributed by atoms with Crippen LogP contribution in [0.4, 0.5) is 0 Å². The molecule has 7 nitrogen and oxygen atoms in total. The van der Waals surface area contributed by atoms with Crippen LogP contribution in [-0.4, -0.2) is 34.1 Å². The Hall–Kier alpha value is -2.74. The second-order valence-electron chi connectivity index (χ2n) is 6.10. The molecule has 0 spiro atoms. The molecule has 3 aromatic heterocycles. The molecule has 1 aromatic carbocycles. The second kappa shape index (κ2) is 5.13. The molecule has 0 saturated carbocycles. The minimum absolute atomic E-state index is 0.618. The molecule has 0 aliphatic carbocycles. The molecule has 0 fully saturated rings. The first-order valence-electron chi connectivity index (χ1n) is 7.88. The first-order valence-corrected chi connectivity index (χ1v) is 8.67. The molecule has 1 aliphatic heterocycles. The van der Waals surface area contributed by atoms with Crippen LogP contribution in [0.2, 0.25) is 0 Å². The van der Waals surface area contributed by atoms with E-state index in [0.717, 1.165) is 38.6 Å². The van der Waals surface area contributed by atoms with E-state index in [-0.39, 0.29) is 0 Å². The van der Waals surface area contributed by atoms with E-state index >= 15 is 0 Å². The summed E-state index contributed by atoms with van der Waals surface area (Å²) in [6.07, 6.45) is 3.76. The fraction of sp³-hybridized carbons (Fsp3) is 0.176. The summed E-state index contributed by atoms with van der Waals surface area (Å²) in [5.74, 6) is 1.46. The Kier molecular flexibility index (Phi) is 2.99. The lowest BCUT2D eigenvalue weighted by atomic mass is 10.1. The Morgan fingerprint density at radius 1 is 1.16 bits per heavy atom. The molecule has 0 unspecified atom stereocenters. The Morgan fingerprint density at radius 3 is 2.84 bits per heavy atom. The van der Waals surface area contributed by atoms with Crippen LogP contribution in [0.25, 0.3) is 28.6 Å². The van der Waals surface area contributed by atoms with Crippen molar-refractivity contribution in [2.45, 2.75) is 13.5 Å². The van der Waals surface area contributed by atoms with E-state index in [2.05, 4.69) is 42.7 Å². The van der Waals surface area contributed by atoms with Gasteiger partial charge in [-0.25, -0.2) is 14.6 Å². The van der Waals surface area contributed by atoms with Gasteiger partial charge in [0.2, 0.25) is 5.82 Å². The summed E-state index contributed by atoms with van der Waals surface area (Å²) in [4.78, 5) is 9.27. The molecule has 0 atom stereocenters. The van der Waals surface area contributed by atoms with Gasteiger partial charge >= 0.3 is 0 Å².